The Balaban J connectivity index is 1.78. The van der Waals surface area contributed by atoms with E-state index in [9.17, 15) is 15.3 Å². The summed E-state index contributed by atoms with van der Waals surface area (Å²) in [6, 6.07) is 0. The molecule has 0 aromatic carbocycles. The molecule has 3 aliphatic rings. The van der Waals surface area contributed by atoms with Gasteiger partial charge in [-0.2, -0.15) is 0 Å². The van der Waals surface area contributed by atoms with Crippen LogP contribution in [0.4, 0.5) is 0 Å². The first-order valence-electron chi connectivity index (χ1n) is 9.77. The molecule has 0 aromatic heterocycles. The normalized spacial score (nSPS) is 49.0. The molecule has 0 spiro atoms. The molecule has 3 saturated heterocycles. The van der Waals surface area contributed by atoms with Crippen LogP contribution >= 0.6 is 0 Å². The second kappa shape index (κ2) is 7.50. The quantitative estimate of drug-likeness (QED) is 0.639. The van der Waals surface area contributed by atoms with E-state index >= 15 is 0 Å². The number of aliphatic hydroxyl groups excluding tert-OH is 3. The number of fused-ring (bicyclic) bond motifs is 1. The van der Waals surface area contributed by atoms with Crippen LogP contribution in [0.3, 0.4) is 0 Å². The van der Waals surface area contributed by atoms with Crippen LogP contribution in [0, 0.1) is 5.41 Å². The van der Waals surface area contributed by atoms with Gasteiger partial charge in [0.1, 0.15) is 24.4 Å². The van der Waals surface area contributed by atoms with Gasteiger partial charge in [0.25, 0.3) is 0 Å². The number of hydrogen-bond acceptors (Lipinski definition) is 8. The van der Waals surface area contributed by atoms with Crippen LogP contribution in [0.5, 0.6) is 0 Å². The molecule has 9 atom stereocenters. The third-order valence-electron chi connectivity index (χ3n) is 6.16. The van der Waals surface area contributed by atoms with E-state index in [4.69, 9.17) is 23.7 Å². The molecule has 8 nitrogen and oxygen atoms in total. The number of rotatable bonds is 4. The lowest BCUT2D eigenvalue weighted by Crippen LogP contribution is -2.63. The van der Waals surface area contributed by atoms with Crippen molar-refractivity contribution >= 4 is 0 Å². The van der Waals surface area contributed by atoms with Crippen LogP contribution in [-0.2, 0) is 23.7 Å². The van der Waals surface area contributed by atoms with Crippen molar-refractivity contribution in [1.29, 1.82) is 0 Å². The zero-order valence-electron chi connectivity index (χ0n) is 17.0. The Kier molecular flexibility index (Phi) is 5.94. The van der Waals surface area contributed by atoms with Gasteiger partial charge >= 0.3 is 0 Å². The Morgan fingerprint density at radius 2 is 1.59 bits per heavy atom. The summed E-state index contributed by atoms with van der Waals surface area (Å²) in [4.78, 5) is 0. The molecular formula is C19H34O8. The molecule has 3 N–H and O–H groups in total. The molecule has 0 amide bonds. The molecule has 3 rings (SSSR count). The minimum absolute atomic E-state index is 0.0147. The molecule has 0 aromatic rings. The monoisotopic (exact) mass is 390 g/mol. The van der Waals surface area contributed by atoms with E-state index in [2.05, 4.69) is 0 Å². The molecule has 0 radical (unpaired) electrons. The van der Waals surface area contributed by atoms with Crippen molar-refractivity contribution < 1.29 is 39.0 Å². The van der Waals surface area contributed by atoms with Gasteiger partial charge < -0.3 is 39.0 Å². The maximum Gasteiger partial charge on any atom is 0.186 e. The highest BCUT2D eigenvalue weighted by atomic mass is 16.8. The molecule has 3 fully saturated rings. The average Bonchev–Trinajstić information content (AvgIpc) is 2.90. The van der Waals surface area contributed by atoms with Crippen LogP contribution < -0.4 is 0 Å². The Labute approximate surface area is 160 Å². The van der Waals surface area contributed by atoms with Gasteiger partial charge in [-0.3, -0.25) is 0 Å². The van der Waals surface area contributed by atoms with Gasteiger partial charge in [-0.25, -0.2) is 0 Å². The summed E-state index contributed by atoms with van der Waals surface area (Å²) < 4.78 is 30.1. The van der Waals surface area contributed by atoms with E-state index in [1.807, 2.05) is 41.5 Å². The van der Waals surface area contributed by atoms with Crippen LogP contribution in [0.15, 0.2) is 0 Å². The summed E-state index contributed by atoms with van der Waals surface area (Å²) in [6.07, 6.45) is -5.09. The zero-order chi connectivity index (χ0) is 20.1. The second-order valence-electron chi connectivity index (χ2n) is 8.96. The summed E-state index contributed by atoms with van der Waals surface area (Å²) in [5, 5.41) is 30.4. The Hall–Kier alpha value is -0.320. The predicted octanol–water partition coefficient (Wildman–Crippen LogP) is 0.554. The fourth-order valence-corrected chi connectivity index (χ4v) is 4.16. The third kappa shape index (κ3) is 3.91. The summed E-state index contributed by atoms with van der Waals surface area (Å²) >= 11 is 0. The lowest BCUT2D eigenvalue weighted by atomic mass is 9.77. The molecule has 8 heteroatoms. The van der Waals surface area contributed by atoms with Crippen LogP contribution in [0.25, 0.3) is 0 Å². The van der Waals surface area contributed by atoms with Gasteiger partial charge in [-0.1, -0.05) is 13.8 Å². The van der Waals surface area contributed by atoms with Gasteiger partial charge in [0, 0.05) is 12.0 Å². The zero-order valence-corrected chi connectivity index (χ0v) is 17.0. The van der Waals surface area contributed by atoms with E-state index in [0.29, 0.717) is 6.42 Å². The first-order valence-corrected chi connectivity index (χ1v) is 9.77. The van der Waals surface area contributed by atoms with E-state index < -0.39 is 48.0 Å². The van der Waals surface area contributed by atoms with Gasteiger partial charge in [0.2, 0.25) is 0 Å². The summed E-state index contributed by atoms with van der Waals surface area (Å²) in [6.45, 7) is 11.0. The number of hydrogen-bond donors (Lipinski definition) is 3. The minimum Gasteiger partial charge on any atom is -0.396 e. The first kappa shape index (κ1) is 21.4. The highest BCUT2D eigenvalue weighted by Gasteiger charge is 2.56. The van der Waals surface area contributed by atoms with E-state index in [-0.39, 0.29) is 24.9 Å². The third-order valence-corrected chi connectivity index (χ3v) is 6.16. The van der Waals surface area contributed by atoms with Crippen molar-refractivity contribution in [3.05, 3.63) is 0 Å². The summed E-state index contributed by atoms with van der Waals surface area (Å²) in [5.41, 5.74) is -0.600. The Bertz CT molecular complexity index is 524. The fourth-order valence-electron chi connectivity index (χ4n) is 4.16. The molecule has 0 aliphatic carbocycles. The molecule has 0 saturated carbocycles. The summed E-state index contributed by atoms with van der Waals surface area (Å²) in [7, 11) is 0. The molecule has 0 bridgehead atoms. The highest BCUT2D eigenvalue weighted by Crippen LogP contribution is 2.42. The van der Waals surface area contributed by atoms with Crippen molar-refractivity contribution in [2.24, 2.45) is 5.41 Å². The van der Waals surface area contributed by atoms with Gasteiger partial charge in [-0.15, -0.1) is 0 Å². The maximum absolute atomic E-state index is 10.5. The Morgan fingerprint density at radius 3 is 2.22 bits per heavy atom. The first-order chi connectivity index (χ1) is 12.5. The molecule has 27 heavy (non-hydrogen) atoms. The average molecular weight is 390 g/mol. The highest BCUT2D eigenvalue weighted by molar-refractivity contribution is 5.00. The summed E-state index contributed by atoms with van der Waals surface area (Å²) in [5.74, 6) is -0.807. The Morgan fingerprint density at radius 1 is 0.963 bits per heavy atom. The SMILES string of the molecule is CC1OC(CCO)C2OC(C)(C)OC2C1OC1OC(C)C(C)(C)C(O)C1O. The van der Waals surface area contributed by atoms with E-state index in [1.165, 1.54) is 0 Å². The molecular weight excluding hydrogens is 356 g/mol. The minimum atomic E-state index is -1.19. The fraction of sp³-hybridized carbons (Fsp3) is 1.00. The second-order valence-corrected chi connectivity index (χ2v) is 8.96. The van der Waals surface area contributed by atoms with Gasteiger partial charge in [-0.05, 0) is 34.1 Å². The van der Waals surface area contributed by atoms with E-state index in [1.54, 1.807) is 0 Å². The number of ether oxygens (including phenoxy) is 5. The van der Waals surface area contributed by atoms with Crippen molar-refractivity contribution in [3.8, 4) is 0 Å². The molecule has 3 heterocycles. The lowest BCUT2D eigenvalue weighted by Gasteiger charge is -2.49. The molecule has 3 aliphatic heterocycles. The van der Waals surface area contributed by atoms with Gasteiger partial charge in [0.15, 0.2) is 12.1 Å². The molecule has 9 unspecified atom stereocenters. The standard InChI is InChI=1S/C19H34O8/c1-9-13(25-17-12(21)16(22)18(3,4)10(2)24-17)15-14(11(23-9)7-8-20)26-19(5,6)27-15/h9-17,20-22H,7-8H2,1-6H3. The van der Waals surface area contributed by atoms with Crippen molar-refractivity contribution in [2.75, 3.05) is 6.61 Å². The lowest BCUT2D eigenvalue weighted by molar-refractivity contribution is -0.334. The van der Waals surface area contributed by atoms with Gasteiger partial charge in [0.05, 0.1) is 24.4 Å². The maximum atomic E-state index is 10.5. The van der Waals surface area contributed by atoms with Crippen molar-refractivity contribution in [3.63, 3.8) is 0 Å². The largest absolute Gasteiger partial charge is 0.396 e. The van der Waals surface area contributed by atoms with Crippen molar-refractivity contribution in [2.45, 2.75) is 109 Å². The van der Waals surface area contributed by atoms with Crippen LogP contribution in [-0.4, -0.2) is 82.8 Å². The van der Waals surface area contributed by atoms with Crippen molar-refractivity contribution in [1.82, 2.24) is 0 Å². The topological polar surface area (TPSA) is 107 Å². The van der Waals surface area contributed by atoms with Crippen LogP contribution in [0.1, 0.15) is 48.0 Å². The number of aliphatic hydroxyl groups is 3. The molecule has 158 valence electrons. The predicted molar refractivity (Wildman–Crippen MR) is 94.9 cm³/mol. The smallest absolute Gasteiger partial charge is 0.186 e. The van der Waals surface area contributed by atoms with E-state index in [0.717, 1.165) is 0 Å². The van der Waals surface area contributed by atoms with Crippen LogP contribution in [0.2, 0.25) is 0 Å².